The van der Waals surface area contributed by atoms with E-state index in [1.165, 1.54) is 11.3 Å². The van der Waals surface area contributed by atoms with Crippen molar-refractivity contribution >= 4 is 18.4 Å². The van der Waals surface area contributed by atoms with Gasteiger partial charge in [0.05, 0.1) is 0 Å². The van der Waals surface area contributed by atoms with Gasteiger partial charge in [0.25, 0.3) is 0 Å². The summed E-state index contributed by atoms with van der Waals surface area (Å²) in [4.78, 5) is 14.2. The van der Waals surface area contributed by atoms with Crippen LogP contribution in [-0.4, -0.2) is 17.6 Å². The fourth-order valence-electron chi connectivity index (χ4n) is 0.917. The summed E-state index contributed by atoms with van der Waals surface area (Å²) in [7, 11) is 0. The van der Waals surface area contributed by atoms with E-state index in [9.17, 15) is 4.79 Å². The number of aldehydes is 1. The normalized spacial score (nSPS) is 10.4. The summed E-state index contributed by atoms with van der Waals surface area (Å²) >= 11 is 0. The number of nitrogens with two attached hydrogens (primary N) is 2. The van der Waals surface area contributed by atoms with Crippen molar-refractivity contribution in [2.45, 2.75) is 6.42 Å². The highest BCUT2D eigenvalue weighted by Crippen LogP contribution is 2.06. The molecule has 4 N–H and O–H groups in total. The van der Waals surface area contributed by atoms with Gasteiger partial charge in [-0.1, -0.05) is 6.07 Å². The van der Waals surface area contributed by atoms with Gasteiger partial charge in [-0.2, -0.15) is 5.10 Å². The van der Waals surface area contributed by atoms with Crippen molar-refractivity contribution < 1.29 is 4.79 Å². The number of rotatable bonds is 4. The Hall–Kier alpha value is -1.95. The van der Waals surface area contributed by atoms with Crippen LogP contribution >= 0.6 is 0 Å². The lowest BCUT2D eigenvalue weighted by Crippen LogP contribution is -2.30. The van der Waals surface area contributed by atoms with Crippen molar-refractivity contribution in [3.05, 3.63) is 23.9 Å². The molecule has 0 atom stereocenters. The number of nitrogens with zero attached hydrogens (tertiary/aromatic N) is 3. The quantitative estimate of drug-likeness (QED) is 0.219. The molecular formula is C8H11N5O. The number of carbonyl (C=O) groups is 1. The van der Waals surface area contributed by atoms with Crippen LogP contribution in [0.4, 0.5) is 5.82 Å². The molecule has 0 aliphatic carbocycles. The molecule has 0 fully saturated rings. The topological polar surface area (TPSA) is 97.6 Å². The first-order valence-electron chi connectivity index (χ1n) is 3.94. The molecule has 74 valence electrons. The highest BCUT2D eigenvalue weighted by atomic mass is 16.1. The van der Waals surface area contributed by atoms with Gasteiger partial charge >= 0.3 is 0 Å². The third-order valence-corrected chi connectivity index (χ3v) is 1.58. The van der Waals surface area contributed by atoms with E-state index in [0.29, 0.717) is 12.2 Å². The Morgan fingerprint density at radius 3 is 2.86 bits per heavy atom. The zero-order valence-corrected chi connectivity index (χ0v) is 7.50. The van der Waals surface area contributed by atoms with Crippen LogP contribution < -0.4 is 16.7 Å². The van der Waals surface area contributed by atoms with E-state index in [-0.39, 0.29) is 0 Å². The first-order valence-corrected chi connectivity index (χ1v) is 3.94. The number of anilines is 1. The molecule has 0 spiro atoms. The van der Waals surface area contributed by atoms with E-state index >= 15 is 0 Å². The van der Waals surface area contributed by atoms with Gasteiger partial charge in [-0.3, -0.25) is 0 Å². The average Bonchev–Trinajstić information content (AvgIpc) is 2.20. The summed E-state index contributed by atoms with van der Waals surface area (Å²) in [5.41, 5.74) is 0.835. The second-order valence-electron chi connectivity index (χ2n) is 2.57. The molecule has 1 heterocycles. The third-order valence-electron chi connectivity index (χ3n) is 1.58. The Balaban J connectivity index is 2.76. The maximum atomic E-state index is 10.2. The molecule has 1 rings (SSSR count). The van der Waals surface area contributed by atoms with Gasteiger partial charge in [0, 0.05) is 12.6 Å². The Bertz CT molecular complexity index is 321. The molecule has 0 radical (unpaired) electrons. The van der Waals surface area contributed by atoms with Crippen molar-refractivity contribution in [3.63, 3.8) is 0 Å². The van der Waals surface area contributed by atoms with Crippen LogP contribution in [0.5, 0.6) is 0 Å². The summed E-state index contributed by atoms with van der Waals surface area (Å²) in [5.74, 6) is 10.9. The van der Waals surface area contributed by atoms with Gasteiger partial charge in [-0.25, -0.2) is 15.8 Å². The molecule has 0 saturated carbocycles. The molecule has 1 aromatic heterocycles. The van der Waals surface area contributed by atoms with Crippen LogP contribution in [0.25, 0.3) is 0 Å². The fraction of sp³-hybridized carbons (Fsp3) is 0.125. The van der Waals surface area contributed by atoms with E-state index in [1.807, 2.05) is 0 Å². The van der Waals surface area contributed by atoms with Gasteiger partial charge in [0.15, 0.2) is 0 Å². The van der Waals surface area contributed by atoms with Gasteiger partial charge < -0.3 is 10.6 Å². The Labute approximate surface area is 81.2 Å². The second-order valence-corrected chi connectivity index (χ2v) is 2.57. The maximum absolute atomic E-state index is 10.2. The smallest absolute Gasteiger partial charge is 0.148 e. The second kappa shape index (κ2) is 4.93. The molecule has 0 bridgehead atoms. The molecule has 0 saturated heterocycles. The lowest BCUT2D eigenvalue weighted by atomic mass is 10.2. The van der Waals surface area contributed by atoms with Gasteiger partial charge in [0.1, 0.15) is 18.4 Å². The first kappa shape index (κ1) is 10.1. The summed E-state index contributed by atoms with van der Waals surface area (Å²) in [5, 5.41) is 4.44. The van der Waals surface area contributed by atoms with Crippen LogP contribution in [0.15, 0.2) is 23.4 Å². The zero-order chi connectivity index (χ0) is 10.4. The average molecular weight is 193 g/mol. The third kappa shape index (κ3) is 2.53. The maximum Gasteiger partial charge on any atom is 0.148 e. The number of hydrogen-bond donors (Lipinski definition) is 2. The van der Waals surface area contributed by atoms with E-state index in [2.05, 4.69) is 10.1 Å². The van der Waals surface area contributed by atoms with Crippen molar-refractivity contribution in [2.24, 2.45) is 16.8 Å². The van der Waals surface area contributed by atoms with Crippen LogP contribution in [0.3, 0.4) is 0 Å². The molecule has 0 aromatic carbocycles. The van der Waals surface area contributed by atoms with Crippen molar-refractivity contribution in [2.75, 3.05) is 5.01 Å². The lowest BCUT2D eigenvalue weighted by Gasteiger charge is -2.10. The molecule has 0 aliphatic rings. The fourth-order valence-corrected chi connectivity index (χ4v) is 0.917. The van der Waals surface area contributed by atoms with Crippen LogP contribution in [0.1, 0.15) is 5.56 Å². The summed E-state index contributed by atoms with van der Waals surface area (Å²) < 4.78 is 0. The van der Waals surface area contributed by atoms with Gasteiger partial charge in [-0.15, -0.1) is 0 Å². The Morgan fingerprint density at radius 1 is 1.57 bits per heavy atom. The molecule has 6 heteroatoms. The van der Waals surface area contributed by atoms with Gasteiger partial charge in [-0.05, 0) is 11.6 Å². The Kier molecular flexibility index (Phi) is 3.57. The van der Waals surface area contributed by atoms with Crippen LogP contribution in [0.2, 0.25) is 0 Å². The van der Waals surface area contributed by atoms with Crippen LogP contribution in [-0.2, 0) is 11.2 Å². The first-order chi connectivity index (χ1) is 6.77. The number of carbonyl (C=O) groups excluding carboxylic acids is 1. The molecular weight excluding hydrogens is 182 g/mol. The SMILES string of the molecule is N/N=C\N(N)c1ccc(CC=O)cn1. The summed E-state index contributed by atoms with van der Waals surface area (Å²) in [6, 6.07) is 3.45. The van der Waals surface area contributed by atoms with E-state index in [4.69, 9.17) is 11.7 Å². The highest BCUT2D eigenvalue weighted by Gasteiger charge is 1.99. The molecule has 0 aliphatic heterocycles. The molecule has 14 heavy (non-hydrogen) atoms. The summed E-state index contributed by atoms with van der Waals surface area (Å²) in [6.07, 6.45) is 3.98. The van der Waals surface area contributed by atoms with Crippen molar-refractivity contribution in [1.82, 2.24) is 4.98 Å². The van der Waals surface area contributed by atoms with Crippen molar-refractivity contribution in [3.8, 4) is 0 Å². The standard InChI is InChI=1S/C8H11N5O/c9-12-6-13(10)8-2-1-7(3-4-14)5-11-8/h1-2,4-6H,3,9-10H2/b12-6-. The number of pyridine rings is 1. The van der Waals surface area contributed by atoms with Crippen molar-refractivity contribution in [1.29, 1.82) is 0 Å². The number of hydrogen-bond acceptors (Lipinski definition) is 5. The zero-order valence-electron chi connectivity index (χ0n) is 7.50. The summed E-state index contributed by atoms with van der Waals surface area (Å²) in [6.45, 7) is 0. The number of hydrazine groups is 1. The predicted molar refractivity (Wildman–Crippen MR) is 53.4 cm³/mol. The Morgan fingerprint density at radius 2 is 2.36 bits per heavy atom. The molecule has 6 nitrogen and oxygen atoms in total. The predicted octanol–water partition coefficient (Wildman–Crippen LogP) is -0.595. The molecule has 1 aromatic rings. The number of hydrazone groups is 1. The molecule has 0 amide bonds. The van der Waals surface area contributed by atoms with Gasteiger partial charge in [0.2, 0.25) is 0 Å². The highest BCUT2D eigenvalue weighted by molar-refractivity contribution is 5.75. The lowest BCUT2D eigenvalue weighted by molar-refractivity contribution is -0.107. The number of aromatic nitrogens is 1. The van der Waals surface area contributed by atoms with E-state index in [1.54, 1.807) is 18.3 Å². The van der Waals surface area contributed by atoms with Crippen LogP contribution in [0, 0.1) is 0 Å². The largest absolute Gasteiger partial charge is 0.322 e. The minimum absolute atomic E-state index is 0.350. The minimum Gasteiger partial charge on any atom is -0.322 e. The molecule has 0 unspecified atom stereocenters. The van der Waals surface area contributed by atoms with E-state index in [0.717, 1.165) is 11.8 Å². The minimum atomic E-state index is 0.350. The van der Waals surface area contributed by atoms with E-state index < -0.39 is 0 Å². The monoisotopic (exact) mass is 193 g/mol.